The molecule has 1 aromatic carbocycles. The lowest BCUT2D eigenvalue weighted by Crippen LogP contribution is -2.38. The van der Waals surface area contributed by atoms with Gasteiger partial charge in [0.15, 0.2) is 11.8 Å². The van der Waals surface area contributed by atoms with Gasteiger partial charge in [0, 0.05) is 30.2 Å². The Morgan fingerprint density at radius 3 is 2.79 bits per heavy atom. The van der Waals surface area contributed by atoms with Crippen molar-refractivity contribution in [3.63, 3.8) is 0 Å². The molecule has 8 heteroatoms. The van der Waals surface area contributed by atoms with Crippen molar-refractivity contribution < 1.29 is 0 Å². The first-order chi connectivity index (χ1) is 11.6. The second-order valence-electron chi connectivity index (χ2n) is 5.32. The van der Waals surface area contributed by atoms with Gasteiger partial charge >= 0.3 is 0 Å². The van der Waals surface area contributed by atoms with Crippen molar-refractivity contribution in [2.75, 3.05) is 13.1 Å². The summed E-state index contributed by atoms with van der Waals surface area (Å²) in [5, 5.41) is 15.8. The van der Waals surface area contributed by atoms with E-state index in [1.807, 2.05) is 30.7 Å². The Balaban J connectivity index is 1.81. The summed E-state index contributed by atoms with van der Waals surface area (Å²) in [5.41, 5.74) is 1.10. The maximum Gasteiger partial charge on any atom is 0.191 e. The molecule has 0 aliphatic heterocycles. The predicted octanol–water partition coefficient (Wildman–Crippen LogP) is 2.81. The molecule has 0 spiro atoms. The van der Waals surface area contributed by atoms with E-state index in [-0.39, 0.29) is 0 Å². The Kier molecular flexibility index (Phi) is 7.34. The third kappa shape index (κ3) is 5.69. The van der Waals surface area contributed by atoms with Crippen LogP contribution in [0, 0.1) is 0 Å². The van der Waals surface area contributed by atoms with Crippen LogP contribution >= 0.6 is 23.2 Å². The molecule has 2 aromatic rings. The number of aromatic nitrogens is 3. The van der Waals surface area contributed by atoms with Crippen molar-refractivity contribution in [3.05, 3.63) is 46.0 Å². The minimum Gasteiger partial charge on any atom is -0.357 e. The smallest absolute Gasteiger partial charge is 0.191 e. The molecule has 0 aliphatic rings. The molecule has 0 saturated carbocycles. The quantitative estimate of drug-likeness (QED) is 0.448. The fourth-order valence-corrected chi connectivity index (χ4v) is 2.65. The number of guanidine groups is 1. The molecule has 24 heavy (non-hydrogen) atoms. The summed E-state index contributed by atoms with van der Waals surface area (Å²) in [5.74, 6) is 1.59. The first-order valence-electron chi connectivity index (χ1n) is 7.89. The number of aliphatic imine (C=N–C) groups is 1. The van der Waals surface area contributed by atoms with Gasteiger partial charge in [0.05, 0.1) is 0 Å². The van der Waals surface area contributed by atoms with Gasteiger partial charge in [-0.1, -0.05) is 29.3 Å². The number of rotatable bonds is 7. The van der Waals surface area contributed by atoms with Gasteiger partial charge in [-0.25, -0.2) is 4.99 Å². The SMILES string of the molecule is CCNC(=NCc1nncn1C)NCCCc1ccc(Cl)cc1Cl. The van der Waals surface area contributed by atoms with Crippen LogP contribution in [0.2, 0.25) is 10.0 Å². The van der Waals surface area contributed by atoms with Crippen molar-refractivity contribution in [3.8, 4) is 0 Å². The highest BCUT2D eigenvalue weighted by molar-refractivity contribution is 6.35. The van der Waals surface area contributed by atoms with Crippen LogP contribution in [0.5, 0.6) is 0 Å². The predicted molar refractivity (Wildman–Crippen MR) is 98.6 cm³/mol. The fourth-order valence-electron chi connectivity index (χ4n) is 2.15. The summed E-state index contributed by atoms with van der Waals surface area (Å²) < 4.78 is 1.86. The van der Waals surface area contributed by atoms with Crippen molar-refractivity contribution in [1.82, 2.24) is 25.4 Å². The zero-order valence-corrected chi connectivity index (χ0v) is 15.4. The van der Waals surface area contributed by atoms with E-state index in [1.54, 1.807) is 12.4 Å². The molecule has 6 nitrogen and oxygen atoms in total. The highest BCUT2D eigenvalue weighted by Crippen LogP contribution is 2.21. The third-order valence-electron chi connectivity index (χ3n) is 3.46. The fraction of sp³-hybridized carbons (Fsp3) is 0.438. The van der Waals surface area contributed by atoms with Crippen molar-refractivity contribution in [2.24, 2.45) is 12.0 Å². The Morgan fingerprint density at radius 1 is 1.29 bits per heavy atom. The molecule has 0 atom stereocenters. The molecule has 0 fully saturated rings. The zero-order chi connectivity index (χ0) is 17.4. The van der Waals surface area contributed by atoms with Crippen LogP contribution < -0.4 is 10.6 Å². The molecule has 130 valence electrons. The molecule has 0 saturated heterocycles. The second kappa shape index (κ2) is 9.49. The minimum atomic E-state index is 0.481. The molecule has 0 unspecified atom stereocenters. The number of halogens is 2. The van der Waals surface area contributed by atoms with E-state index in [1.165, 1.54) is 0 Å². The molecule has 0 radical (unpaired) electrons. The Bertz CT molecular complexity index is 683. The van der Waals surface area contributed by atoms with Crippen LogP contribution in [0.4, 0.5) is 0 Å². The van der Waals surface area contributed by atoms with Gasteiger partial charge in [0.1, 0.15) is 12.9 Å². The van der Waals surface area contributed by atoms with E-state index in [2.05, 4.69) is 25.8 Å². The largest absolute Gasteiger partial charge is 0.357 e. The molecule has 0 bridgehead atoms. The molecule has 0 amide bonds. The van der Waals surface area contributed by atoms with E-state index in [0.29, 0.717) is 16.6 Å². The van der Waals surface area contributed by atoms with E-state index in [9.17, 15) is 0 Å². The average Bonchev–Trinajstić information content (AvgIpc) is 2.96. The van der Waals surface area contributed by atoms with E-state index >= 15 is 0 Å². The van der Waals surface area contributed by atoms with Crippen molar-refractivity contribution in [1.29, 1.82) is 0 Å². The maximum atomic E-state index is 6.19. The molecular formula is C16H22Cl2N6. The summed E-state index contributed by atoms with van der Waals surface area (Å²) in [6.45, 7) is 4.11. The van der Waals surface area contributed by atoms with E-state index < -0.39 is 0 Å². The van der Waals surface area contributed by atoms with Gasteiger partial charge in [-0.2, -0.15) is 0 Å². The number of hydrogen-bond acceptors (Lipinski definition) is 3. The van der Waals surface area contributed by atoms with Crippen LogP contribution in [0.15, 0.2) is 29.5 Å². The number of nitrogens with zero attached hydrogens (tertiary/aromatic N) is 4. The normalized spacial score (nSPS) is 11.6. The first kappa shape index (κ1) is 18.5. The maximum absolute atomic E-state index is 6.19. The van der Waals surface area contributed by atoms with Gasteiger partial charge in [-0.3, -0.25) is 0 Å². The first-order valence-corrected chi connectivity index (χ1v) is 8.64. The van der Waals surface area contributed by atoms with Crippen LogP contribution in [-0.4, -0.2) is 33.8 Å². The minimum absolute atomic E-state index is 0.481. The van der Waals surface area contributed by atoms with Gasteiger partial charge in [-0.15, -0.1) is 10.2 Å². The number of aryl methyl sites for hydroxylation is 2. The third-order valence-corrected chi connectivity index (χ3v) is 4.05. The van der Waals surface area contributed by atoms with E-state index in [4.69, 9.17) is 23.2 Å². The standard InChI is InChI=1S/C16H22Cl2N6/c1-3-19-16(21-10-15-23-22-11-24(15)2)20-8-4-5-12-6-7-13(17)9-14(12)18/h6-7,9,11H,3-5,8,10H2,1-2H3,(H2,19,20,21). The summed E-state index contributed by atoms with van der Waals surface area (Å²) in [7, 11) is 1.90. The lowest BCUT2D eigenvalue weighted by Gasteiger charge is -2.11. The highest BCUT2D eigenvalue weighted by Gasteiger charge is 2.03. The molecular weight excluding hydrogens is 347 g/mol. The van der Waals surface area contributed by atoms with Crippen molar-refractivity contribution in [2.45, 2.75) is 26.3 Å². The second-order valence-corrected chi connectivity index (χ2v) is 6.16. The lowest BCUT2D eigenvalue weighted by atomic mass is 10.1. The molecule has 2 rings (SSSR count). The van der Waals surface area contributed by atoms with Gasteiger partial charge in [0.25, 0.3) is 0 Å². The molecule has 1 aromatic heterocycles. The number of benzene rings is 1. The average molecular weight is 369 g/mol. The Hall–Kier alpha value is -1.79. The highest BCUT2D eigenvalue weighted by atomic mass is 35.5. The topological polar surface area (TPSA) is 67.1 Å². The zero-order valence-electron chi connectivity index (χ0n) is 13.9. The van der Waals surface area contributed by atoms with Gasteiger partial charge in [0.2, 0.25) is 0 Å². The van der Waals surface area contributed by atoms with Crippen LogP contribution in [-0.2, 0) is 20.0 Å². The molecule has 1 heterocycles. The monoisotopic (exact) mass is 368 g/mol. The molecule has 2 N–H and O–H groups in total. The van der Waals surface area contributed by atoms with Crippen molar-refractivity contribution >= 4 is 29.2 Å². The number of hydrogen-bond donors (Lipinski definition) is 2. The Labute approximate surface area is 152 Å². The van der Waals surface area contributed by atoms with Crippen LogP contribution in [0.3, 0.4) is 0 Å². The molecule has 0 aliphatic carbocycles. The van der Waals surface area contributed by atoms with Gasteiger partial charge < -0.3 is 15.2 Å². The summed E-state index contributed by atoms with van der Waals surface area (Å²) in [6.07, 6.45) is 3.49. The summed E-state index contributed by atoms with van der Waals surface area (Å²) in [4.78, 5) is 4.52. The summed E-state index contributed by atoms with van der Waals surface area (Å²) >= 11 is 12.1. The van der Waals surface area contributed by atoms with E-state index in [0.717, 1.165) is 43.3 Å². The Morgan fingerprint density at radius 2 is 2.12 bits per heavy atom. The van der Waals surface area contributed by atoms with Crippen LogP contribution in [0.25, 0.3) is 0 Å². The van der Waals surface area contributed by atoms with Gasteiger partial charge in [-0.05, 0) is 37.5 Å². The summed E-state index contributed by atoms with van der Waals surface area (Å²) in [6, 6.07) is 5.61. The lowest BCUT2D eigenvalue weighted by molar-refractivity contribution is 0.733. The van der Waals surface area contributed by atoms with Crippen LogP contribution in [0.1, 0.15) is 24.7 Å². The number of nitrogens with one attached hydrogen (secondary N) is 2.